The molecule has 0 saturated carbocycles. The second-order valence-electron chi connectivity index (χ2n) is 10.6. The molecule has 1 rings (SSSR count). The maximum atomic E-state index is 11.4. The first-order valence-corrected chi connectivity index (χ1v) is 13.2. The third-order valence-electron chi connectivity index (χ3n) is 6.36. The van der Waals surface area contributed by atoms with Crippen LogP contribution in [0.25, 0.3) is 0 Å². The quantitative estimate of drug-likeness (QED) is 0.137. The van der Waals surface area contributed by atoms with Crippen molar-refractivity contribution in [3.63, 3.8) is 0 Å². The van der Waals surface area contributed by atoms with Crippen molar-refractivity contribution in [2.45, 2.75) is 113 Å². The van der Waals surface area contributed by atoms with E-state index in [0.717, 1.165) is 29.7 Å². The molecule has 34 heavy (non-hydrogen) atoms. The second kappa shape index (κ2) is 16.5. The van der Waals surface area contributed by atoms with Gasteiger partial charge in [0.1, 0.15) is 11.5 Å². The Balaban J connectivity index is 2.43. The van der Waals surface area contributed by atoms with Crippen LogP contribution in [-0.2, 0) is 16.0 Å². The molecule has 0 bridgehead atoms. The topological polar surface area (TPSA) is 52.6 Å². The number of carbonyl (C=O) groups excluding carboxylic acids is 2. The van der Waals surface area contributed by atoms with E-state index in [4.69, 9.17) is 9.47 Å². The molecule has 4 nitrogen and oxygen atoms in total. The van der Waals surface area contributed by atoms with Gasteiger partial charge in [-0.3, -0.25) is 9.59 Å². The molecule has 4 heteroatoms. The largest absolute Gasteiger partial charge is 0.427 e. The summed E-state index contributed by atoms with van der Waals surface area (Å²) in [4.78, 5) is 22.7. The Bertz CT molecular complexity index is 778. The molecule has 0 amide bonds. The number of benzene rings is 1. The SMILES string of the molecule is CC(=O)Oc1ccc(OC(C)=O)c(C/C=C(\C)CCCC(C)CCCC(C)CCCC(C)C)c1. The van der Waals surface area contributed by atoms with E-state index in [-0.39, 0.29) is 11.9 Å². The van der Waals surface area contributed by atoms with E-state index in [1.54, 1.807) is 18.2 Å². The van der Waals surface area contributed by atoms with Crippen molar-refractivity contribution in [1.29, 1.82) is 0 Å². The summed E-state index contributed by atoms with van der Waals surface area (Å²) in [7, 11) is 0. The third kappa shape index (κ3) is 14.2. The molecule has 0 N–H and O–H groups in total. The lowest BCUT2D eigenvalue weighted by molar-refractivity contribution is -0.133. The summed E-state index contributed by atoms with van der Waals surface area (Å²) in [5.74, 6) is 2.70. The van der Waals surface area contributed by atoms with Crippen molar-refractivity contribution in [3.8, 4) is 11.5 Å². The fraction of sp³-hybridized carbons (Fsp3) is 0.667. The van der Waals surface area contributed by atoms with Crippen LogP contribution in [0.4, 0.5) is 0 Å². The zero-order valence-corrected chi connectivity index (χ0v) is 22.7. The number of ether oxygens (including phenoxy) is 2. The zero-order chi connectivity index (χ0) is 25.5. The Morgan fingerprint density at radius 1 is 0.794 bits per heavy atom. The second-order valence-corrected chi connectivity index (χ2v) is 10.6. The molecular weight excluding hydrogens is 424 g/mol. The monoisotopic (exact) mass is 472 g/mol. The van der Waals surface area contributed by atoms with Gasteiger partial charge >= 0.3 is 11.9 Å². The first-order chi connectivity index (χ1) is 16.1. The van der Waals surface area contributed by atoms with E-state index >= 15 is 0 Å². The van der Waals surface area contributed by atoms with Crippen molar-refractivity contribution < 1.29 is 19.1 Å². The van der Waals surface area contributed by atoms with E-state index < -0.39 is 0 Å². The molecule has 1 aromatic rings. The summed E-state index contributed by atoms with van der Waals surface area (Å²) < 4.78 is 10.5. The zero-order valence-electron chi connectivity index (χ0n) is 22.7. The molecule has 0 saturated heterocycles. The summed E-state index contributed by atoms with van der Waals surface area (Å²) in [6.07, 6.45) is 14.5. The normalized spacial score (nSPS) is 13.6. The summed E-state index contributed by atoms with van der Waals surface area (Å²) >= 11 is 0. The van der Waals surface area contributed by atoms with Gasteiger partial charge in [-0.1, -0.05) is 84.3 Å². The first kappa shape index (κ1) is 29.9. The molecular formula is C30H48O4. The number of allylic oxidation sites excluding steroid dienone is 2. The molecule has 2 atom stereocenters. The van der Waals surface area contributed by atoms with E-state index in [0.29, 0.717) is 17.9 Å². The molecule has 0 radical (unpaired) electrons. The summed E-state index contributed by atoms with van der Waals surface area (Å²) in [5.41, 5.74) is 2.17. The smallest absolute Gasteiger partial charge is 0.308 e. The number of hydrogen-bond acceptors (Lipinski definition) is 4. The van der Waals surface area contributed by atoms with Crippen LogP contribution in [0.5, 0.6) is 11.5 Å². The number of rotatable bonds is 16. The van der Waals surface area contributed by atoms with Crippen LogP contribution in [0.15, 0.2) is 29.8 Å². The average molecular weight is 473 g/mol. The van der Waals surface area contributed by atoms with E-state index in [1.807, 2.05) is 0 Å². The Kier molecular flexibility index (Phi) is 14.5. The van der Waals surface area contributed by atoms with Crippen LogP contribution in [0.2, 0.25) is 0 Å². The van der Waals surface area contributed by atoms with Gasteiger partial charge < -0.3 is 9.47 Å². The fourth-order valence-electron chi connectivity index (χ4n) is 4.29. The lowest BCUT2D eigenvalue weighted by atomic mass is 9.91. The predicted octanol–water partition coefficient (Wildman–Crippen LogP) is 8.47. The Morgan fingerprint density at radius 3 is 1.91 bits per heavy atom. The molecule has 0 aliphatic carbocycles. The number of hydrogen-bond donors (Lipinski definition) is 0. The molecule has 2 unspecified atom stereocenters. The Morgan fingerprint density at radius 2 is 1.35 bits per heavy atom. The summed E-state index contributed by atoms with van der Waals surface area (Å²) in [6.45, 7) is 14.3. The minimum Gasteiger partial charge on any atom is -0.427 e. The highest BCUT2D eigenvalue weighted by Crippen LogP contribution is 2.27. The van der Waals surface area contributed by atoms with Gasteiger partial charge in [0.25, 0.3) is 0 Å². The van der Waals surface area contributed by atoms with E-state index in [2.05, 4.69) is 40.7 Å². The van der Waals surface area contributed by atoms with Gasteiger partial charge in [0.15, 0.2) is 0 Å². The lowest BCUT2D eigenvalue weighted by Gasteiger charge is -2.15. The van der Waals surface area contributed by atoms with Crippen LogP contribution in [-0.4, -0.2) is 11.9 Å². The molecule has 0 fully saturated rings. The minimum absolute atomic E-state index is 0.360. The van der Waals surface area contributed by atoms with Gasteiger partial charge in [-0.15, -0.1) is 0 Å². The summed E-state index contributed by atoms with van der Waals surface area (Å²) in [5, 5.41) is 0. The van der Waals surface area contributed by atoms with Crippen molar-refractivity contribution in [2.24, 2.45) is 17.8 Å². The number of esters is 2. The highest BCUT2D eigenvalue weighted by atomic mass is 16.5. The van der Waals surface area contributed by atoms with Crippen LogP contribution in [0, 0.1) is 17.8 Å². The first-order valence-electron chi connectivity index (χ1n) is 13.2. The third-order valence-corrected chi connectivity index (χ3v) is 6.36. The molecule has 1 aromatic carbocycles. The van der Waals surface area contributed by atoms with Crippen LogP contribution < -0.4 is 9.47 Å². The fourth-order valence-corrected chi connectivity index (χ4v) is 4.29. The van der Waals surface area contributed by atoms with Crippen molar-refractivity contribution in [1.82, 2.24) is 0 Å². The van der Waals surface area contributed by atoms with E-state index in [9.17, 15) is 9.59 Å². The molecule has 0 aliphatic rings. The standard InChI is InChI=1S/C30H48O4/c1-22(2)11-8-12-23(3)13-9-14-24(4)15-10-16-25(5)17-18-28-21-29(33-26(6)31)19-20-30(28)34-27(7)32/h17,19-24H,8-16,18H2,1-7H3/b25-17+. The van der Waals surface area contributed by atoms with Gasteiger partial charge in [-0.2, -0.15) is 0 Å². The maximum Gasteiger partial charge on any atom is 0.308 e. The van der Waals surface area contributed by atoms with Gasteiger partial charge in [0, 0.05) is 19.4 Å². The lowest BCUT2D eigenvalue weighted by Crippen LogP contribution is -2.06. The van der Waals surface area contributed by atoms with Gasteiger partial charge in [0.05, 0.1) is 0 Å². The molecule has 0 spiro atoms. The highest BCUT2D eigenvalue weighted by Gasteiger charge is 2.10. The van der Waals surface area contributed by atoms with Crippen molar-refractivity contribution in [2.75, 3.05) is 0 Å². The van der Waals surface area contributed by atoms with Gasteiger partial charge in [0.2, 0.25) is 0 Å². The summed E-state index contributed by atoms with van der Waals surface area (Å²) in [6, 6.07) is 5.11. The minimum atomic E-state index is -0.368. The van der Waals surface area contributed by atoms with Gasteiger partial charge in [-0.05, 0) is 62.1 Å². The molecule has 192 valence electrons. The Labute approximate surface area is 208 Å². The number of carbonyl (C=O) groups is 2. The van der Waals surface area contributed by atoms with Crippen molar-refractivity contribution in [3.05, 3.63) is 35.4 Å². The highest BCUT2D eigenvalue weighted by molar-refractivity contribution is 5.71. The molecule has 0 heterocycles. The predicted molar refractivity (Wildman–Crippen MR) is 141 cm³/mol. The molecule has 0 aromatic heterocycles. The van der Waals surface area contributed by atoms with Crippen LogP contribution >= 0.6 is 0 Å². The van der Waals surface area contributed by atoms with Crippen LogP contribution in [0.3, 0.4) is 0 Å². The average Bonchev–Trinajstić information content (AvgIpc) is 2.72. The van der Waals surface area contributed by atoms with Gasteiger partial charge in [-0.25, -0.2) is 0 Å². The molecule has 0 aliphatic heterocycles. The van der Waals surface area contributed by atoms with Crippen molar-refractivity contribution >= 4 is 11.9 Å². The maximum absolute atomic E-state index is 11.4. The van der Waals surface area contributed by atoms with Crippen LogP contribution in [0.1, 0.15) is 112 Å². The van der Waals surface area contributed by atoms with E-state index in [1.165, 1.54) is 70.8 Å². The Hall–Kier alpha value is -2.10.